The molecule has 2 rings (SSSR count). The zero-order chi connectivity index (χ0) is 12.6. The largest absolute Gasteiger partial charge is 0.398 e. The van der Waals surface area contributed by atoms with Crippen LogP contribution in [0.1, 0.15) is 42.6 Å². The molecule has 92 valence electrons. The average Bonchev–Trinajstić information content (AvgIpc) is 2.24. The number of hydrogen-bond acceptors (Lipinski definition) is 2. The lowest BCUT2D eigenvalue weighted by molar-refractivity contribution is 0.0705. The molecule has 1 amide bonds. The molecule has 0 aliphatic carbocycles. The number of benzene rings is 1. The fourth-order valence-electron chi connectivity index (χ4n) is 2.51. The van der Waals surface area contributed by atoms with Crippen molar-refractivity contribution in [3.05, 3.63) is 29.3 Å². The quantitative estimate of drug-likeness (QED) is 0.796. The predicted octanol–water partition coefficient (Wildman–Crippen LogP) is 2.48. The molecule has 1 aliphatic rings. The standard InChI is InChI=1S/C14H20N2O/c1-9(2)7-16-8-10(3)11-5-4-6-12(15)13(11)14(16)17/h4-6,9-10H,7-8,15H2,1-3H3. The number of hydrogen-bond donors (Lipinski definition) is 1. The van der Waals surface area contributed by atoms with Crippen LogP contribution in [0.5, 0.6) is 0 Å². The number of nitrogens with zero attached hydrogens (tertiary/aromatic N) is 1. The van der Waals surface area contributed by atoms with Crippen molar-refractivity contribution in [2.75, 3.05) is 18.8 Å². The zero-order valence-corrected chi connectivity index (χ0v) is 10.7. The Morgan fingerprint density at radius 2 is 2.18 bits per heavy atom. The van der Waals surface area contributed by atoms with Crippen LogP contribution >= 0.6 is 0 Å². The zero-order valence-electron chi connectivity index (χ0n) is 10.7. The van der Waals surface area contributed by atoms with Gasteiger partial charge in [0.25, 0.3) is 5.91 Å². The van der Waals surface area contributed by atoms with Crippen LogP contribution in [0.15, 0.2) is 18.2 Å². The average molecular weight is 232 g/mol. The van der Waals surface area contributed by atoms with Crippen molar-refractivity contribution >= 4 is 11.6 Å². The van der Waals surface area contributed by atoms with E-state index in [2.05, 4.69) is 20.8 Å². The molecule has 0 aromatic heterocycles. The van der Waals surface area contributed by atoms with E-state index in [0.29, 0.717) is 23.1 Å². The van der Waals surface area contributed by atoms with Gasteiger partial charge in [-0.2, -0.15) is 0 Å². The molecular weight excluding hydrogens is 212 g/mol. The summed E-state index contributed by atoms with van der Waals surface area (Å²) in [4.78, 5) is 14.3. The summed E-state index contributed by atoms with van der Waals surface area (Å²) in [7, 11) is 0. The highest BCUT2D eigenvalue weighted by Crippen LogP contribution is 2.31. The van der Waals surface area contributed by atoms with E-state index in [1.165, 1.54) is 0 Å². The molecule has 1 aromatic rings. The molecule has 0 saturated carbocycles. The third-order valence-electron chi connectivity index (χ3n) is 3.24. The number of fused-ring (bicyclic) bond motifs is 1. The Kier molecular flexibility index (Phi) is 3.09. The van der Waals surface area contributed by atoms with Crippen LogP contribution in [-0.4, -0.2) is 23.9 Å². The summed E-state index contributed by atoms with van der Waals surface area (Å²) in [5.41, 5.74) is 8.35. The summed E-state index contributed by atoms with van der Waals surface area (Å²) in [6.45, 7) is 8.01. The van der Waals surface area contributed by atoms with Gasteiger partial charge in [-0.25, -0.2) is 0 Å². The first-order valence-electron chi connectivity index (χ1n) is 6.18. The molecule has 0 radical (unpaired) electrons. The van der Waals surface area contributed by atoms with E-state index >= 15 is 0 Å². The number of carbonyl (C=O) groups is 1. The number of nitrogens with two attached hydrogens (primary N) is 1. The van der Waals surface area contributed by atoms with E-state index in [4.69, 9.17) is 5.73 Å². The smallest absolute Gasteiger partial charge is 0.256 e. The second kappa shape index (κ2) is 4.40. The Bertz CT molecular complexity index is 440. The summed E-state index contributed by atoms with van der Waals surface area (Å²) in [5, 5.41) is 0. The minimum absolute atomic E-state index is 0.0879. The van der Waals surface area contributed by atoms with Gasteiger partial charge in [-0.05, 0) is 23.5 Å². The van der Waals surface area contributed by atoms with Gasteiger partial charge in [0, 0.05) is 18.8 Å². The lowest BCUT2D eigenvalue weighted by Gasteiger charge is -2.34. The van der Waals surface area contributed by atoms with Gasteiger partial charge in [0.15, 0.2) is 0 Å². The molecule has 2 N–H and O–H groups in total. The maximum atomic E-state index is 12.4. The molecule has 0 bridgehead atoms. The minimum atomic E-state index is 0.0879. The van der Waals surface area contributed by atoms with E-state index in [1.54, 1.807) is 0 Å². The van der Waals surface area contributed by atoms with Crippen molar-refractivity contribution in [1.29, 1.82) is 0 Å². The van der Waals surface area contributed by atoms with E-state index < -0.39 is 0 Å². The number of nitrogen functional groups attached to an aromatic ring is 1. The second-order valence-electron chi connectivity index (χ2n) is 5.32. The van der Waals surface area contributed by atoms with Crippen molar-refractivity contribution in [2.24, 2.45) is 5.92 Å². The summed E-state index contributed by atoms with van der Waals surface area (Å²) in [6.07, 6.45) is 0. The Hall–Kier alpha value is -1.51. The molecule has 1 heterocycles. The molecule has 3 heteroatoms. The lowest BCUT2D eigenvalue weighted by Crippen LogP contribution is -2.41. The van der Waals surface area contributed by atoms with E-state index in [1.807, 2.05) is 23.1 Å². The third-order valence-corrected chi connectivity index (χ3v) is 3.24. The number of anilines is 1. The molecule has 0 fully saturated rings. The fourth-order valence-corrected chi connectivity index (χ4v) is 2.51. The second-order valence-corrected chi connectivity index (χ2v) is 5.32. The Balaban J connectivity index is 2.39. The van der Waals surface area contributed by atoms with Crippen molar-refractivity contribution < 1.29 is 4.79 Å². The summed E-state index contributed by atoms with van der Waals surface area (Å²) in [6, 6.07) is 5.75. The molecule has 1 aromatic carbocycles. The van der Waals surface area contributed by atoms with Gasteiger partial charge in [-0.3, -0.25) is 4.79 Å². The highest BCUT2D eigenvalue weighted by molar-refractivity contribution is 6.01. The van der Waals surface area contributed by atoms with Crippen LogP contribution in [0.2, 0.25) is 0 Å². The Labute approximate surface area is 103 Å². The van der Waals surface area contributed by atoms with Crippen molar-refractivity contribution in [3.8, 4) is 0 Å². The van der Waals surface area contributed by atoms with Gasteiger partial charge in [-0.15, -0.1) is 0 Å². The molecule has 3 nitrogen and oxygen atoms in total. The normalized spacial score (nSPS) is 19.6. The molecule has 1 aliphatic heterocycles. The van der Waals surface area contributed by atoms with E-state index in [9.17, 15) is 4.79 Å². The van der Waals surface area contributed by atoms with Crippen LogP contribution < -0.4 is 5.73 Å². The summed E-state index contributed by atoms with van der Waals surface area (Å²) < 4.78 is 0. The maximum Gasteiger partial charge on any atom is 0.256 e. The van der Waals surface area contributed by atoms with Gasteiger partial charge in [-0.1, -0.05) is 32.9 Å². The highest BCUT2D eigenvalue weighted by atomic mass is 16.2. The van der Waals surface area contributed by atoms with Crippen molar-refractivity contribution in [3.63, 3.8) is 0 Å². The first-order chi connectivity index (χ1) is 8.00. The maximum absolute atomic E-state index is 12.4. The molecule has 1 atom stereocenters. The summed E-state index contributed by atoms with van der Waals surface area (Å²) >= 11 is 0. The number of carbonyl (C=O) groups excluding carboxylic acids is 1. The van der Waals surface area contributed by atoms with Crippen LogP contribution in [-0.2, 0) is 0 Å². The first kappa shape index (κ1) is 12.0. The van der Waals surface area contributed by atoms with Crippen LogP contribution in [0.25, 0.3) is 0 Å². The molecule has 0 saturated heterocycles. The SMILES string of the molecule is CC(C)CN1CC(C)c2cccc(N)c2C1=O. The van der Waals surface area contributed by atoms with E-state index in [0.717, 1.165) is 18.7 Å². The van der Waals surface area contributed by atoms with Gasteiger partial charge in [0.1, 0.15) is 0 Å². The minimum Gasteiger partial charge on any atom is -0.398 e. The molecule has 0 spiro atoms. The van der Waals surface area contributed by atoms with Crippen molar-refractivity contribution in [2.45, 2.75) is 26.7 Å². The summed E-state index contributed by atoms with van der Waals surface area (Å²) in [5.74, 6) is 0.937. The van der Waals surface area contributed by atoms with Gasteiger partial charge in [0.2, 0.25) is 0 Å². The Morgan fingerprint density at radius 3 is 2.82 bits per heavy atom. The van der Waals surface area contributed by atoms with Crippen LogP contribution in [0.3, 0.4) is 0 Å². The number of rotatable bonds is 2. The van der Waals surface area contributed by atoms with Gasteiger partial charge < -0.3 is 10.6 Å². The number of amides is 1. The first-order valence-corrected chi connectivity index (χ1v) is 6.18. The molecular formula is C14H20N2O. The van der Waals surface area contributed by atoms with Gasteiger partial charge in [0.05, 0.1) is 5.56 Å². The topological polar surface area (TPSA) is 46.3 Å². The van der Waals surface area contributed by atoms with Gasteiger partial charge >= 0.3 is 0 Å². The Morgan fingerprint density at radius 1 is 1.47 bits per heavy atom. The van der Waals surface area contributed by atoms with Crippen molar-refractivity contribution in [1.82, 2.24) is 4.90 Å². The van der Waals surface area contributed by atoms with Crippen LogP contribution in [0, 0.1) is 5.92 Å². The molecule has 17 heavy (non-hydrogen) atoms. The predicted molar refractivity (Wildman–Crippen MR) is 70.0 cm³/mol. The highest BCUT2D eigenvalue weighted by Gasteiger charge is 2.30. The van der Waals surface area contributed by atoms with E-state index in [-0.39, 0.29) is 5.91 Å². The fraction of sp³-hybridized carbons (Fsp3) is 0.500. The molecule has 1 unspecified atom stereocenters. The van der Waals surface area contributed by atoms with Crippen LogP contribution in [0.4, 0.5) is 5.69 Å². The third kappa shape index (κ3) is 2.14. The lowest BCUT2D eigenvalue weighted by atomic mass is 9.89. The monoisotopic (exact) mass is 232 g/mol.